The smallest absolute Gasteiger partial charge is 0.306 e. The van der Waals surface area contributed by atoms with Crippen LogP contribution in [0.4, 0.5) is 0 Å². The third-order valence-electron chi connectivity index (χ3n) is 12.6. The van der Waals surface area contributed by atoms with E-state index in [-0.39, 0.29) is 31.1 Å². The molecule has 0 aromatic heterocycles. The molecule has 424 valence electrons. The maximum atomic E-state index is 12.9. The number of hydrogen-bond acceptors (Lipinski definition) is 6. The van der Waals surface area contributed by atoms with Gasteiger partial charge in [0.15, 0.2) is 6.10 Å². The van der Waals surface area contributed by atoms with Crippen molar-refractivity contribution in [2.75, 3.05) is 13.2 Å². The van der Waals surface area contributed by atoms with Gasteiger partial charge >= 0.3 is 17.9 Å². The summed E-state index contributed by atoms with van der Waals surface area (Å²) in [5.74, 6) is -0.946. The predicted molar refractivity (Wildman–Crippen MR) is 325 cm³/mol. The van der Waals surface area contributed by atoms with Gasteiger partial charge in [-0.05, 0) is 135 Å². The molecular weight excluding hydrogens is 925 g/mol. The maximum Gasteiger partial charge on any atom is 0.306 e. The Labute approximate surface area is 462 Å². The Balaban J connectivity index is 4.47. The zero-order valence-corrected chi connectivity index (χ0v) is 48.5. The molecule has 0 fully saturated rings. The molecular formula is C69H112O6. The first-order valence-electron chi connectivity index (χ1n) is 30.7. The summed E-state index contributed by atoms with van der Waals surface area (Å²) in [5, 5.41) is 0. The van der Waals surface area contributed by atoms with E-state index in [1.807, 2.05) is 0 Å². The Morgan fingerprint density at radius 1 is 0.280 bits per heavy atom. The molecule has 0 aliphatic carbocycles. The maximum absolute atomic E-state index is 12.9. The molecule has 0 saturated carbocycles. The van der Waals surface area contributed by atoms with Crippen LogP contribution < -0.4 is 0 Å². The first-order valence-corrected chi connectivity index (χ1v) is 30.7. The lowest BCUT2D eigenvalue weighted by Crippen LogP contribution is -2.30. The quantitative estimate of drug-likeness (QED) is 0.0261. The second-order valence-corrected chi connectivity index (χ2v) is 19.8. The summed E-state index contributed by atoms with van der Waals surface area (Å²) in [7, 11) is 0. The third kappa shape index (κ3) is 60.3. The van der Waals surface area contributed by atoms with Crippen molar-refractivity contribution in [3.05, 3.63) is 134 Å². The fraction of sp³-hybridized carbons (Fsp3) is 0.638. The Hall–Kier alpha value is -4.45. The number of esters is 3. The van der Waals surface area contributed by atoms with Crippen LogP contribution in [0.3, 0.4) is 0 Å². The number of ether oxygens (including phenoxy) is 3. The van der Waals surface area contributed by atoms with Crippen molar-refractivity contribution >= 4 is 17.9 Å². The number of hydrogen-bond donors (Lipinski definition) is 0. The van der Waals surface area contributed by atoms with Gasteiger partial charge in [0.05, 0.1) is 0 Å². The molecule has 0 rings (SSSR count). The Morgan fingerprint density at radius 3 is 0.813 bits per heavy atom. The number of carbonyl (C=O) groups is 3. The van der Waals surface area contributed by atoms with Gasteiger partial charge in [-0.3, -0.25) is 14.4 Å². The first-order chi connectivity index (χ1) is 37.0. The highest BCUT2D eigenvalue weighted by molar-refractivity contribution is 5.71. The molecule has 0 aliphatic rings. The molecule has 0 aromatic rings. The monoisotopic (exact) mass is 1040 g/mol. The van der Waals surface area contributed by atoms with Crippen molar-refractivity contribution in [1.82, 2.24) is 0 Å². The molecule has 0 aliphatic heterocycles. The standard InChI is InChI=1S/C69H112O6/c1-4-7-10-13-16-19-22-25-28-30-32-33-34-35-37-38-41-44-47-50-53-56-59-62-68(71)74-65-66(64-73-67(70)61-58-55-52-49-46-43-40-27-24-21-18-15-12-9-6-3)75-69(72)63-60-57-54-51-48-45-42-39-36-31-29-26-23-20-17-14-11-8-5-2/h7,9-10,12,16-21,25-29,32-33,35,37,40-41,44,66H,4-6,8,11,13-15,22-24,30-31,34,36,38-39,42-43,45-65H2,1-3H3/b10-7-,12-9-,19-16-,20-17-,21-18-,28-25-,29-26-,33-32-,37-35-,40-27-,44-41-. The summed E-state index contributed by atoms with van der Waals surface area (Å²) in [4.78, 5) is 38.3. The second kappa shape index (κ2) is 62.1. The summed E-state index contributed by atoms with van der Waals surface area (Å²) in [5.41, 5.74) is 0. The summed E-state index contributed by atoms with van der Waals surface area (Å²) in [6.07, 6.45) is 87.3. The van der Waals surface area contributed by atoms with Crippen LogP contribution in [0.2, 0.25) is 0 Å². The van der Waals surface area contributed by atoms with Gasteiger partial charge in [0.1, 0.15) is 13.2 Å². The highest BCUT2D eigenvalue weighted by Crippen LogP contribution is 2.14. The molecule has 75 heavy (non-hydrogen) atoms. The number of allylic oxidation sites excluding steroid dienone is 22. The zero-order chi connectivity index (χ0) is 54.3. The minimum Gasteiger partial charge on any atom is -0.462 e. The lowest BCUT2D eigenvalue weighted by Gasteiger charge is -2.18. The Bertz CT molecular complexity index is 1620. The highest BCUT2D eigenvalue weighted by Gasteiger charge is 2.19. The SMILES string of the molecule is CC/C=C\C/C=C\C/C=C\C/C=C\C/C=C\C/C=C\CCCCCCC(=O)OCC(COC(=O)CCCCCCC/C=C\C/C=C\C/C=C\CC)OC(=O)CCCCCCCCCCC/C=C\C/C=C\CCCCC. The van der Waals surface area contributed by atoms with E-state index in [9.17, 15) is 14.4 Å². The summed E-state index contributed by atoms with van der Waals surface area (Å²) >= 11 is 0. The molecule has 0 radical (unpaired) electrons. The van der Waals surface area contributed by atoms with E-state index in [0.29, 0.717) is 19.3 Å². The molecule has 1 unspecified atom stereocenters. The van der Waals surface area contributed by atoms with E-state index in [2.05, 4.69) is 154 Å². The van der Waals surface area contributed by atoms with Gasteiger partial charge in [-0.15, -0.1) is 0 Å². The summed E-state index contributed by atoms with van der Waals surface area (Å²) in [6, 6.07) is 0. The molecule has 0 amide bonds. The van der Waals surface area contributed by atoms with E-state index >= 15 is 0 Å². The molecule has 0 spiro atoms. The second-order valence-electron chi connectivity index (χ2n) is 19.8. The van der Waals surface area contributed by atoms with Crippen molar-refractivity contribution in [1.29, 1.82) is 0 Å². The molecule has 0 heterocycles. The van der Waals surface area contributed by atoms with Crippen molar-refractivity contribution in [3.63, 3.8) is 0 Å². The molecule has 1 atom stereocenters. The van der Waals surface area contributed by atoms with Crippen LogP contribution in [-0.4, -0.2) is 37.2 Å². The van der Waals surface area contributed by atoms with Crippen LogP contribution in [0.1, 0.15) is 265 Å². The van der Waals surface area contributed by atoms with Gasteiger partial charge < -0.3 is 14.2 Å². The van der Waals surface area contributed by atoms with Crippen molar-refractivity contribution in [2.24, 2.45) is 0 Å². The van der Waals surface area contributed by atoms with Gasteiger partial charge in [-0.1, -0.05) is 244 Å². The molecule has 0 N–H and O–H groups in total. The normalized spacial score (nSPS) is 13.1. The molecule has 0 aromatic carbocycles. The predicted octanol–water partition coefficient (Wildman–Crippen LogP) is 21.0. The van der Waals surface area contributed by atoms with E-state index in [1.165, 1.54) is 70.6 Å². The fourth-order valence-electron chi connectivity index (χ4n) is 8.08. The van der Waals surface area contributed by atoms with Gasteiger partial charge in [-0.2, -0.15) is 0 Å². The minimum atomic E-state index is -0.805. The largest absolute Gasteiger partial charge is 0.462 e. The Morgan fingerprint density at radius 2 is 0.520 bits per heavy atom. The minimum absolute atomic E-state index is 0.101. The third-order valence-corrected chi connectivity index (χ3v) is 12.6. The molecule has 6 nitrogen and oxygen atoms in total. The summed E-state index contributed by atoms with van der Waals surface area (Å²) < 4.78 is 16.9. The van der Waals surface area contributed by atoms with Crippen LogP contribution in [0.25, 0.3) is 0 Å². The van der Waals surface area contributed by atoms with Gasteiger partial charge in [0.2, 0.25) is 0 Å². The topological polar surface area (TPSA) is 78.9 Å². The zero-order valence-electron chi connectivity index (χ0n) is 48.5. The van der Waals surface area contributed by atoms with Crippen LogP contribution in [0.15, 0.2) is 134 Å². The Kier molecular flexibility index (Phi) is 58.4. The average Bonchev–Trinajstić information content (AvgIpc) is 3.41. The molecule has 0 bridgehead atoms. The van der Waals surface area contributed by atoms with Crippen LogP contribution in [0.5, 0.6) is 0 Å². The summed E-state index contributed by atoms with van der Waals surface area (Å²) in [6.45, 7) is 6.35. The van der Waals surface area contributed by atoms with E-state index < -0.39 is 6.10 Å². The van der Waals surface area contributed by atoms with E-state index in [0.717, 1.165) is 154 Å². The van der Waals surface area contributed by atoms with Crippen molar-refractivity contribution in [2.45, 2.75) is 271 Å². The molecule has 0 saturated heterocycles. The lowest BCUT2D eigenvalue weighted by molar-refractivity contribution is -0.167. The van der Waals surface area contributed by atoms with Crippen molar-refractivity contribution < 1.29 is 28.6 Å². The first kappa shape index (κ1) is 70.5. The van der Waals surface area contributed by atoms with Gasteiger partial charge in [-0.25, -0.2) is 0 Å². The van der Waals surface area contributed by atoms with Crippen LogP contribution >= 0.6 is 0 Å². The average molecular weight is 1040 g/mol. The molecule has 6 heteroatoms. The van der Waals surface area contributed by atoms with E-state index in [4.69, 9.17) is 14.2 Å². The highest BCUT2D eigenvalue weighted by atomic mass is 16.6. The van der Waals surface area contributed by atoms with Gasteiger partial charge in [0.25, 0.3) is 0 Å². The lowest BCUT2D eigenvalue weighted by atomic mass is 10.1. The van der Waals surface area contributed by atoms with Crippen LogP contribution in [-0.2, 0) is 28.6 Å². The van der Waals surface area contributed by atoms with Crippen LogP contribution in [0, 0.1) is 0 Å². The fourth-order valence-corrected chi connectivity index (χ4v) is 8.08. The van der Waals surface area contributed by atoms with Gasteiger partial charge in [0, 0.05) is 19.3 Å². The number of rotatable bonds is 54. The number of carbonyl (C=O) groups excluding carboxylic acids is 3. The van der Waals surface area contributed by atoms with Crippen molar-refractivity contribution in [3.8, 4) is 0 Å². The number of unbranched alkanes of at least 4 members (excludes halogenated alkanes) is 21. The van der Waals surface area contributed by atoms with E-state index in [1.54, 1.807) is 0 Å².